The number of hydrogen-bond donors (Lipinski definition) is 0. The molecule has 4 nitrogen and oxygen atoms in total. The molecule has 0 bridgehead atoms. The van der Waals surface area contributed by atoms with Crippen molar-refractivity contribution in [2.45, 2.75) is 18.9 Å². The topological polar surface area (TPSA) is 44.8 Å². The van der Waals surface area contributed by atoms with Gasteiger partial charge in [0, 0.05) is 11.6 Å². The lowest BCUT2D eigenvalue weighted by atomic mass is 10.2. The molecule has 6 heteroatoms. The smallest absolute Gasteiger partial charge is 0.344 e. The maximum absolute atomic E-state index is 11.5. The highest BCUT2D eigenvalue weighted by Crippen LogP contribution is 2.27. The number of halogens is 2. The van der Waals surface area contributed by atoms with Crippen LogP contribution in [0.1, 0.15) is 12.8 Å². The van der Waals surface area contributed by atoms with E-state index in [1.807, 2.05) is 0 Å². The summed E-state index contributed by atoms with van der Waals surface area (Å²) in [7, 11) is 0. The highest BCUT2D eigenvalue weighted by molar-refractivity contribution is 9.10. The minimum atomic E-state index is -0.405. The summed E-state index contributed by atoms with van der Waals surface area (Å²) in [6.07, 6.45) is 2.00. The Labute approximate surface area is 125 Å². The first-order valence-electron chi connectivity index (χ1n) is 6.00. The van der Waals surface area contributed by atoms with Crippen molar-refractivity contribution in [3.8, 4) is 5.75 Å². The van der Waals surface area contributed by atoms with Crippen molar-refractivity contribution in [3.05, 3.63) is 27.7 Å². The molecule has 1 aliphatic heterocycles. The van der Waals surface area contributed by atoms with E-state index >= 15 is 0 Å². The molecule has 1 aromatic rings. The van der Waals surface area contributed by atoms with Crippen LogP contribution in [0.25, 0.3) is 0 Å². The first kappa shape index (κ1) is 14.6. The maximum Gasteiger partial charge on any atom is 0.344 e. The van der Waals surface area contributed by atoms with Gasteiger partial charge in [-0.2, -0.15) is 0 Å². The summed E-state index contributed by atoms with van der Waals surface area (Å²) in [6.45, 7) is 0.910. The molecule has 2 rings (SSSR count). The fraction of sp³-hybridized carbons (Fsp3) is 0.462. The fourth-order valence-electron chi connectivity index (χ4n) is 1.73. The highest BCUT2D eigenvalue weighted by Gasteiger charge is 2.17. The minimum Gasteiger partial charge on any atom is -0.481 e. The predicted octanol–water partition coefficient (Wildman–Crippen LogP) is 3.20. The van der Waals surface area contributed by atoms with Gasteiger partial charge in [-0.05, 0) is 47.0 Å². The number of benzene rings is 1. The Bertz CT molecular complexity index is 446. The van der Waals surface area contributed by atoms with Gasteiger partial charge in [-0.3, -0.25) is 0 Å². The number of ether oxygens (including phenoxy) is 3. The van der Waals surface area contributed by atoms with E-state index in [9.17, 15) is 4.79 Å². The van der Waals surface area contributed by atoms with Crippen LogP contribution in [0.5, 0.6) is 5.75 Å². The number of carbonyl (C=O) groups excluding carboxylic acids is 1. The van der Waals surface area contributed by atoms with Gasteiger partial charge in [-0.1, -0.05) is 11.6 Å². The molecule has 0 amide bonds. The van der Waals surface area contributed by atoms with Crippen molar-refractivity contribution in [3.63, 3.8) is 0 Å². The Kier molecular flexibility index (Phi) is 5.48. The molecule has 104 valence electrons. The Balaban J connectivity index is 1.73. The largest absolute Gasteiger partial charge is 0.481 e. The Morgan fingerprint density at radius 3 is 3.05 bits per heavy atom. The first-order chi connectivity index (χ1) is 9.15. The molecule has 19 heavy (non-hydrogen) atoms. The van der Waals surface area contributed by atoms with E-state index in [-0.39, 0.29) is 12.7 Å². The van der Waals surface area contributed by atoms with E-state index in [2.05, 4.69) is 15.9 Å². The van der Waals surface area contributed by atoms with E-state index < -0.39 is 5.97 Å². The summed E-state index contributed by atoms with van der Waals surface area (Å²) in [5.41, 5.74) is 0. The van der Waals surface area contributed by atoms with Gasteiger partial charge in [0.05, 0.1) is 10.6 Å². The molecular formula is C13H14BrClO4. The van der Waals surface area contributed by atoms with Gasteiger partial charge in [0.25, 0.3) is 0 Å². The molecule has 1 heterocycles. The number of esters is 1. The van der Waals surface area contributed by atoms with Gasteiger partial charge < -0.3 is 14.2 Å². The Morgan fingerprint density at radius 1 is 1.53 bits per heavy atom. The zero-order valence-electron chi connectivity index (χ0n) is 10.2. The van der Waals surface area contributed by atoms with Crippen LogP contribution in [0.2, 0.25) is 5.02 Å². The molecule has 0 radical (unpaired) electrons. The molecule has 1 unspecified atom stereocenters. The molecule has 1 fully saturated rings. The second-order valence-corrected chi connectivity index (χ2v) is 5.47. The van der Waals surface area contributed by atoms with Crippen molar-refractivity contribution < 1.29 is 19.0 Å². The van der Waals surface area contributed by atoms with Crippen LogP contribution in [0.15, 0.2) is 22.7 Å². The van der Waals surface area contributed by atoms with Gasteiger partial charge in [-0.25, -0.2) is 4.79 Å². The molecule has 0 aromatic heterocycles. The highest BCUT2D eigenvalue weighted by atomic mass is 79.9. The lowest BCUT2D eigenvalue weighted by Crippen LogP contribution is -2.21. The van der Waals surface area contributed by atoms with Crippen molar-refractivity contribution in [2.75, 3.05) is 19.8 Å². The van der Waals surface area contributed by atoms with E-state index in [1.54, 1.807) is 18.2 Å². The third-order valence-corrected chi connectivity index (χ3v) is 3.55. The first-order valence-corrected chi connectivity index (χ1v) is 7.17. The molecule has 1 aliphatic rings. The lowest BCUT2D eigenvalue weighted by molar-refractivity contribution is -0.149. The van der Waals surface area contributed by atoms with Crippen LogP contribution < -0.4 is 4.74 Å². The summed E-state index contributed by atoms with van der Waals surface area (Å²) in [5, 5.41) is 0.597. The van der Waals surface area contributed by atoms with Gasteiger partial charge in [0.1, 0.15) is 12.4 Å². The van der Waals surface area contributed by atoms with Crippen LogP contribution in [0.4, 0.5) is 0 Å². The van der Waals surface area contributed by atoms with Gasteiger partial charge in [0.2, 0.25) is 0 Å². The standard InChI is InChI=1S/C13H14BrClO4/c14-11-6-9(15)3-4-12(11)18-8-13(16)19-7-10-2-1-5-17-10/h3-4,6,10H,1-2,5,7-8H2. The van der Waals surface area contributed by atoms with E-state index in [0.29, 0.717) is 21.9 Å². The Morgan fingerprint density at radius 2 is 2.37 bits per heavy atom. The minimum absolute atomic E-state index is 0.0335. The van der Waals surface area contributed by atoms with Crippen LogP contribution >= 0.6 is 27.5 Å². The average Bonchev–Trinajstić information content (AvgIpc) is 2.88. The quantitative estimate of drug-likeness (QED) is 0.766. The molecular weight excluding hydrogens is 335 g/mol. The van der Waals surface area contributed by atoms with Crippen LogP contribution in [-0.2, 0) is 14.3 Å². The Hall–Kier alpha value is -0.780. The molecule has 1 saturated heterocycles. The summed E-state index contributed by atoms with van der Waals surface area (Å²) in [4.78, 5) is 11.5. The summed E-state index contributed by atoms with van der Waals surface area (Å²) in [5.74, 6) is 0.149. The second kappa shape index (κ2) is 7.12. The van der Waals surface area contributed by atoms with Gasteiger partial charge in [-0.15, -0.1) is 0 Å². The third kappa shape index (κ3) is 4.67. The van der Waals surface area contributed by atoms with Crippen LogP contribution in [0.3, 0.4) is 0 Å². The van der Waals surface area contributed by atoms with Gasteiger partial charge in [0.15, 0.2) is 6.61 Å². The summed E-state index contributed by atoms with van der Waals surface area (Å²) >= 11 is 9.12. The summed E-state index contributed by atoms with van der Waals surface area (Å²) < 4.78 is 16.5. The number of rotatable bonds is 5. The van der Waals surface area contributed by atoms with Crippen molar-refractivity contribution in [1.29, 1.82) is 0 Å². The normalized spacial score (nSPS) is 18.3. The molecule has 1 atom stereocenters. The maximum atomic E-state index is 11.5. The number of carbonyl (C=O) groups is 1. The third-order valence-electron chi connectivity index (χ3n) is 2.69. The lowest BCUT2D eigenvalue weighted by Gasteiger charge is -2.11. The molecule has 0 spiro atoms. The van der Waals surface area contributed by atoms with Crippen molar-refractivity contribution in [2.24, 2.45) is 0 Å². The SMILES string of the molecule is O=C(COc1ccc(Cl)cc1Br)OCC1CCCO1. The predicted molar refractivity (Wildman–Crippen MR) is 74.6 cm³/mol. The van der Waals surface area contributed by atoms with Crippen LogP contribution in [0, 0.1) is 0 Å². The zero-order valence-corrected chi connectivity index (χ0v) is 12.6. The van der Waals surface area contributed by atoms with Crippen molar-refractivity contribution >= 4 is 33.5 Å². The molecule has 0 N–H and O–H groups in total. The van der Waals surface area contributed by atoms with E-state index in [1.165, 1.54) is 0 Å². The molecule has 0 aliphatic carbocycles. The molecule has 0 saturated carbocycles. The van der Waals surface area contributed by atoms with Crippen molar-refractivity contribution in [1.82, 2.24) is 0 Å². The zero-order chi connectivity index (χ0) is 13.7. The fourth-order valence-corrected chi connectivity index (χ4v) is 2.53. The second-order valence-electron chi connectivity index (χ2n) is 4.18. The van der Waals surface area contributed by atoms with Gasteiger partial charge >= 0.3 is 5.97 Å². The average molecular weight is 350 g/mol. The van der Waals surface area contributed by atoms with Crippen LogP contribution in [-0.4, -0.2) is 31.9 Å². The number of hydrogen-bond acceptors (Lipinski definition) is 4. The summed E-state index contributed by atoms with van der Waals surface area (Å²) in [6, 6.07) is 5.09. The van der Waals surface area contributed by atoms with E-state index in [0.717, 1.165) is 19.4 Å². The monoisotopic (exact) mass is 348 g/mol. The van der Waals surface area contributed by atoms with E-state index in [4.69, 9.17) is 25.8 Å². The molecule has 1 aromatic carbocycles.